The standard InChI is InChI=1S/C16H14F2N2S/c1-9(13-7-11(17)3-5-14(13)18)19-12-4-6-15-16(8-12)21-10(2)20-15/h3-9,19H,1-2H3. The molecule has 0 aliphatic carbocycles. The van der Waals surface area contributed by atoms with E-state index in [0.717, 1.165) is 33.0 Å². The molecule has 21 heavy (non-hydrogen) atoms. The van der Waals surface area contributed by atoms with Crippen molar-refractivity contribution in [1.82, 2.24) is 4.98 Å². The quantitative estimate of drug-likeness (QED) is 0.732. The second-order valence-corrected chi connectivity index (χ2v) is 6.18. The van der Waals surface area contributed by atoms with Crippen molar-refractivity contribution >= 4 is 27.2 Å². The lowest BCUT2D eigenvalue weighted by atomic mass is 10.1. The molecule has 108 valence electrons. The lowest BCUT2D eigenvalue weighted by Gasteiger charge is -2.16. The number of hydrogen-bond donors (Lipinski definition) is 1. The van der Waals surface area contributed by atoms with E-state index in [4.69, 9.17) is 0 Å². The minimum absolute atomic E-state index is 0.315. The van der Waals surface area contributed by atoms with Gasteiger partial charge in [-0.25, -0.2) is 13.8 Å². The maximum absolute atomic E-state index is 13.8. The van der Waals surface area contributed by atoms with Gasteiger partial charge >= 0.3 is 0 Å². The van der Waals surface area contributed by atoms with Crippen molar-refractivity contribution in [3.05, 3.63) is 58.6 Å². The van der Waals surface area contributed by atoms with Gasteiger partial charge in [-0.2, -0.15) is 0 Å². The molecule has 1 N–H and O–H groups in total. The average molecular weight is 304 g/mol. The lowest BCUT2D eigenvalue weighted by Crippen LogP contribution is -2.08. The first-order chi connectivity index (χ1) is 10.0. The topological polar surface area (TPSA) is 24.9 Å². The molecule has 0 fully saturated rings. The Morgan fingerprint density at radius 1 is 1.14 bits per heavy atom. The molecule has 1 aromatic heterocycles. The summed E-state index contributed by atoms with van der Waals surface area (Å²) in [6, 6.07) is 8.98. The summed E-state index contributed by atoms with van der Waals surface area (Å²) >= 11 is 1.61. The first-order valence-corrected chi connectivity index (χ1v) is 7.43. The maximum atomic E-state index is 13.8. The van der Waals surface area contributed by atoms with E-state index in [-0.39, 0.29) is 6.04 Å². The third-order valence-corrected chi connectivity index (χ3v) is 4.24. The second kappa shape index (κ2) is 5.41. The van der Waals surface area contributed by atoms with Crippen molar-refractivity contribution in [2.75, 3.05) is 5.32 Å². The number of benzene rings is 2. The van der Waals surface area contributed by atoms with Crippen molar-refractivity contribution < 1.29 is 8.78 Å². The molecule has 3 aromatic rings. The molecule has 2 nitrogen and oxygen atoms in total. The first-order valence-electron chi connectivity index (χ1n) is 6.61. The van der Waals surface area contributed by atoms with E-state index in [2.05, 4.69) is 10.3 Å². The van der Waals surface area contributed by atoms with Crippen LogP contribution in [-0.4, -0.2) is 4.98 Å². The Bertz CT molecular complexity index is 798. The minimum Gasteiger partial charge on any atom is -0.378 e. The van der Waals surface area contributed by atoms with Crippen LogP contribution >= 0.6 is 11.3 Å². The van der Waals surface area contributed by atoms with Crippen LogP contribution in [0.25, 0.3) is 10.2 Å². The summed E-state index contributed by atoms with van der Waals surface area (Å²) in [5.41, 5.74) is 2.13. The SMILES string of the molecule is Cc1nc2ccc(NC(C)c3cc(F)ccc3F)cc2s1. The summed E-state index contributed by atoms with van der Waals surface area (Å²) in [7, 11) is 0. The van der Waals surface area contributed by atoms with Gasteiger partial charge in [0.25, 0.3) is 0 Å². The molecule has 5 heteroatoms. The number of rotatable bonds is 3. The smallest absolute Gasteiger partial charge is 0.128 e. The Kier molecular flexibility index (Phi) is 3.59. The van der Waals surface area contributed by atoms with Crippen LogP contribution in [0.4, 0.5) is 14.5 Å². The van der Waals surface area contributed by atoms with Crippen molar-refractivity contribution in [2.45, 2.75) is 19.9 Å². The van der Waals surface area contributed by atoms with Gasteiger partial charge in [0.15, 0.2) is 0 Å². The number of nitrogens with zero attached hydrogens (tertiary/aromatic N) is 1. The second-order valence-electron chi connectivity index (χ2n) is 4.95. The molecular weight excluding hydrogens is 290 g/mol. The van der Waals surface area contributed by atoms with Crippen molar-refractivity contribution in [3.63, 3.8) is 0 Å². The Morgan fingerprint density at radius 2 is 1.95 bits per heavy atom. The van der Waals surface area contributed by atoms with E-state index in [1.165, 1.54) is 6.07 Å². The van der Waals surface area contributed by atoms with E-state index >= 15 is 0 Å². The molecule has 3 rings (SSSR count). The monoisotopic (exact) mass is 304 g/mol. The lowest BCUT2D eigenvalue weighted by molar-refractivity contribution is 0.577. The summed E-state index contributed by atoms with van der Waals surface area (Å²) in [6.07, 6.45) is 0. The van der Waals surface area contributed by atoms with E-state index in [1.807, 2.05) is 25.1 Å². The van der Waals surface area contributed by atoms with Gasteiger partial charge < -0.3 is 5.32 Å². The summed E-state index contributed by atoms with van der Waals surface area (Å²) in [6.45, 7) is 3.77. The zero-order chi connectivity index (χ0) is 15.0. The molecule has 0 aliphatic rings. The number of anilines is 1. The van der Waals surface area contributed by atoms with Gasteiger partial charge in [-0.1, -0.05) is 0 Å². The van der Waals surface area contributed by atoms with Crippen LogP contribution in [0.1, 0.15) is 23.5 Å². The van der Waals surface area contributed by atoms with Crippen LogP contribution in [-0.2, 0) is 0 Å². The number of aromatic nitrogens is 1. The molecule has 0 aliphatic heterocycles. The number of nitrogens with one attached hydrogen (secondary N) is 1. The normalized spacial score (nSPS) is 12.6. The van der Waals surface area contributed by atoms with Crippen LogP contribution in [0.3, 0.4) is 0 Å². The van der Waals surface area contributed by atoms with Gasteiger partial charge in [-0.05, 0) is 50.2 Å². The van der Waals surface area contributed by atoms with Crippen LogP contribution in [0.15, 0.2) is 36.4 Å². The first kappa shape index (κ1) is 13.9. The van der Waals surface area contributed by atoms with Gasteiger partial charge in [0.2, 0.25) is 0 Å². The highest BCUT2D eigenvalue weighted by Gasteiger charge is 2.12. The maximum Gasteiger partial charge on any atom is 0.128 e. The third kappa shape index (κ3) is 2.88. The molecule has 1 heterocycles. The summed E-state index contributed by atoms with van der Waals surface area (Å²) in [5, 5.41) is 4.21. The van der Waals surface area contributed by atoms with Gasteiger partial charge in [-0.15, -0.1) is 11.3 Å². The van der Waals surface area contributed by atoms with E-state index in [1.54, 1.807) is 18.3 Å². The molecule has 0 amide bonds. The van der Waals surface area contributed by atoms with Gasteiger partial charge in [0.05, 0.1) is 21.3 Å². The molecule has 0 bridgehead atoms. The predicted molar refractivity (Wildman–Crippen MR) is 82.8 cm³/mol. The molecule has 0 saturated heterocycles. The Balaban J connectivity index is 1.88. The summed E-state index contributed by atoms with van der Waals surface area (Å²) < 4.78 is 28.1. The van der Waals surface area contributed by atoms with E-state index in [0.29, 0.717) is 5.56 Å². The number of thiazole rings is 1. The molecule has 1 unspecified atom stereocenters. The Hall–Kier alpha value is -2.01. The van der Waals surface area contributed by atoms with Crippen LogP contribution in [0.5, 0.6) is 0 Å². The number of aryl methyl sites for hydroxylation is 1. The Morgan fingerprint density at radius 3 is 2.76 bits per heavy atom. The van der Waals surface area contributed by atoms with E-state index in [9.17, 15) is 8.78 Å². The fourth-order valence-corrected chi connectivity index (χ4v) is 3.17. The van der Waals surface area contributed by atoms with Crippen LogP contribution in [0.2, 0.25) is 0 Å². The molecule has 0 radical (unpaired) electrons. The summed E-state index contributed by atoms with van der Waals surface area (Å²) in [4.78, 5) is 4.40. The van der Waals surface area contributed by atoms with Crippen molar-refractivity contribution in [1.29, 1.82) is 0 Å². The van der Waals surface area contributed by atoms with Crippen LogP contribution < -0.4 is 5.32 Å². The largest absolute Gasteiger partial charge is 0.378 e. The fraction of sp³-hybridized carbons (Fsp3) is 0.188. The number of halogens is 2. The van der Waals surface area contributed by atoms with Crippen LogP contribution in [0, 0.1) is 18.6 Å². The number of fused-ring (bicyclic) bond motifs is 1. The zero-order valence-corrected chi connectivity index (χ0v) is 12.5. The minimum atomic E-state index is -0.436. The molecule has 0 saturated carbocycles. The van der Waals surface area contributed by atoms with E-state index < -0.39 is 11.6 Å². The highest BCUT2D eigenvalue weighted by atomic mass is 32.1. The van der Waals surface area contributed by atoms with Crippen molar-refractivity contribution in [2.24, 2.45) is 0 Å². The van der Waals surface area contributed by atoms with Crippen molar-refractivity contribution in [3.8, 4) is 0 Å². The summed E-state index contributed by atoms with van der Waals surface area (Å²) in [5.74, 6) is -0.848. The molecule has 1 atom stereocenters. The predicted octanol–water partition coefficient (Wildman–Crippen LogP) is 5.06. The third-order valence-electron chi connectivity index (χ3n) is 3.30. The molecular formula is C16H14F2N2S. The highest BCUT2D eigenvalue weighted by molar-refractivity contribution is 7.18. The zero-order valence-electron chi connectivity index (χ0n) is 11.7. The van der Waals surface area contributed by atoms with Gasteiger partial charge in [0.1, 0.15) is 11.6 Å². The average Bonchev–Trinajstić information content (AvgIpc) is 2.80. The molecule has 0 spiro atoms. The number of hydrogen-bond acceptors (Lipinski definition) is 3. The van der Waals surface area contributed by atoms with Gasteiger partial charge in [0, 0.05) is 11.3 Å². The molecule has 2 aromatic carbocycles. The fourth-order valence-electron chi connectivity index (χ4n) is 2.30. The van der Waals surface area contributed by atoms with Gasteiger partial charge in [-0.3, -0.25) is 0 Å². The Labute approximate surface area is 125 Å². The highest BCUT2D eigenvalue weighted by Crippen LogP contribution is 2.28.